The summed E-state index contributed by atoms with van der Waals surface area (Å²) in [4.78, 5) is 15.0. The molecular weight excluding hydrogens is 416 g/mol. The van der Waals surface area contributed by atoms with Gasteiger partial charge < -0.3 is 19.5 Å². The van der Waals surface area contributed by atoms with E-state index in [4.69, 9.17) is 25.8 Å². The Morgan fingerprint density at radius 1 is 1.16 bits per heavy atom. The van der Waals surface area contributed by atoms with Crippen molar-refractivity contribution in [2.45, 2.75) is 18.9 Å². The fourth-order valence-corrected chi connectivity index (χ4v) is 3.60. The van der Waals surface area contributed by atoms with Gasteiger partial charge in [-0.25, -0.2) is 0 Å². The summed E-state index contributed by atoms with van der Waals surface area (Å²) in [6.45, 7) is 7.34. The van der Waals surface area contributed by atoms with E-state index in [-0.39, 0.29) is 11.9 Å². The molecule has 0 spiro atoms. The summed E-state index contributed by atoms with van der Waals surface area (Å²) >= 11 is 5.89. The van der Waals surface area contributed by atoms with Crippen LogP contribution in [-0.4, -0.2) is 56.8 Å². The first-order valence-electron chi connectivity index (χ1n) is 10.4. The van der Waals surface area contributed by atoms with Gasteiger partial charge in [-0.1, -0.05) is 24.3 Å². The van der Waals surface area contributed by atoms with E-state index < -0.39 is 0 Å². The van der Waals surface area contributed by atoms with E-state index in [1.807, 2.05) is 24.3 Å². The SMILES string of the molecule is C=CCOc1ccc(C(=O)NC2CCN(CCOc3ccc(Cl)cc3)CC2)cc1OC. The predicted octanol–water partition coefficient (Wildman–Crippen LogP) is 4.19. The van der Waals surface area contributed by atoms with Gasteiger partial charge in [0.25, 0.3) is 5.91 Å². The average molecular weight is 445 g/mol. The van der Waals surface area contributed by atoms with E-state index in [1.54, 1.807) is 31.4 Å². The van der Waals surface area contributed by atoms with E-state index in [0.717, 1.165) is 38.2 Å². The molecule has 0 bridgehead atoms. The van der Waals surface area contributed by atoms with E-state index in [2.05, 4.69) is 16.8 Å². The lowest BCUT2D eigenvalue weighted by Gasteiger charge is -2.32. The number of hydrogen-bond donors (Lipinski definition) is 1. The Hall–Kier alpha value is -2.70. The van der Waals surface area contributed by atoms with E-state index >= 15 is 0 Å². The van der Waals surface area contributed by atoms with Gasteiger partial charge >= 0.3 is 0 Å². The summed E-state index contributed by atoms with van der Waals surface area (Å²) in [6.07, 6.45) is 3.48. The summed E-state index contributed by atoms with van der Waals surface area (Å²) in [5.41, 5.74) is 0.557. The van der Waals surface area contributed by atoms with Crippen LogP contribution in [0.2, 0.25) is 5.02 Å². The van der Waals surface area contributed by atoms with Crippen molar-refractivity contribution in [1.82, 2.24) is 10.2 Å². The predicted molar refractivity (Wildman–Crippen MR) is 123 cm³/mol. The number of hydrogen-bond acceptors (Lipinski definition) is 5. The zero-order valence-electron chi connectivity index (χ0n) is 17.8. The highest BCUT2D eigenvalue weighted by Gasteiger charge is 2.21. The minimum absolute atomic E-state index is 0.0990. The first-order chi connectivity index (χ1) is 15.1. The van der Waals surface area contributed by atoms with Gasteiger partial charge in [-0.2, -0.15) is 0 Å². The Morgan fingerprint density at radius 2 is 1.90 bits per heavy atom. The second-order valence-electron chi connectivity index (χ2n) is 7.36. The second kappa shape index (κ2) is 11.6. The van der Waals surface area contributed by atoms with Crippen LogP contribution in [-0.2, 0) is 0 Å². The minimum Gasteiger partial charge on any atom is -0.493 e. The van der Waals surface area contributed by atoms with Crippen molar-refractivity contribution in [3.63, 3.8) is 0 Å². The van der Waals surface area contributed by atoms with E-state index in [1.165, 1.54) is 0 Å². The third-order valence-corrected chi connectivity index (χ3v) is 5.45. The zero-order chi connectivity index (χ0) is 22.1. The second-order valence-corrected chi connectivity index (χ2v) is 7.79. The van der Waals surface area contributed by atoms with Gasteiger partial charge in [0.2, 0.25) is 0 Å². The van der Waals surface area contributed by atoms with Gasteiger partial charge in [-0.3, -0.25) is 9.69 Å². The fourth-order valence-electron chi connectivity index (χ4n) is 3.47. The first-order valence-corrected chi connectivity index (χ1v) is 10.8. The number of carbonyl (C=O) groups excluding carboxylic acids is 1. The lowest BCUT2D eigenvalue weighted by atomic mass is 10.0. The maximum absolute atomic E-state index is 12.7. The number of nitrogens with one attached hydrogen (secondary N) is 1. The van der Waals surface area contributed by atoms with Crippen LogP contribution in [0, 0.1) is 0 Å². The molecule has 0 aliphatic carbocycles. The highest BCUT2D eigenvalue weighted by molar-refractivity contribution is 6.30. The number of nitrogens with zero attached hydrogens (tertiary/aromatic N) is 1. The molecule has 2 aromatic carbocycles. The monoisotopic (exact) mass is 444 g/mol. The van der Waals surface area contributed by atoms with Crippen molar-refractivity contribution in [2.75, 3.05) is 40.0 Å². The van der Waals surface area contributed by atoms with Crippen LogP contribution < -0.4 is 19.5 Å². The lowest BCUT2D eigenvalue weighted by molar-refractivity contribution is 0.0905. The maximum Gasteiger partial charge on any atom is 0.251 e. The van der Waals surface area contributed by atoms with Crippen LogP contribution in [0.25, 0.3) is 0 Å². The van der Waals surface area contributed by atoms with Crippen molar-refractivity contribution >= 4 is 17.5 Å². The number of likely N-dealkylation sites (tertiary alicyclic amines) is 1. The third kappa shape index (κ3) is 6.91. The van der Waals surface area contributed by atoms with Crippen LogP contribution in [0.1, 0.15) is 23.2 Å². The van der Waals surface area contributed by atoms with Crippen LogP contribution in [0.5, 0.6) is 17.2 Å². The number of halogens is 1. The molecule has 2 aromatic rings. The molecule has 1 saturated heterocycles. The fraction of sp³-hybridized carbons (Fsp3) is 0.375. The van der Waals surface area contributed by atoms with E-state index in [9.17, 15) is 4.79 Å². The molecule has 0 radical (unpaired) electrons. The van der Waals surface area contributed by atoms with Crippen LogP contribution in [0.3, 0.4) is 0 Å². The number of ether oxygens (including phenoxy) is 3. The van der Waals surface area contributed by atoms with Gasteiger partial charge in [-0.05, 0) is 55.3 Å². The molecule has 31 heavy (non-hydrogen) atoms. The maximum atomic E-state index is 12.7. The summed E-state index contributed by atoms with van der Waals surface area (Å²) in [5.74, 6) is 1.85. The number of rotatable bonds is 10. The Balaban J connectivity index is 1.42. The molecule has 1 amide bonds. The van der Waals surface area contributed by atoms with Crippen molar-refractivity contribution in [3.05, 3.63) is 65.7 Å². The molecule has 3 rings (SSSR count). The Bertz CT molecular complexity index is 864. The number of carbonyl (C=O) groups is 1. The molecule has 1 heterocycles. The first kappa shape index (κ1) is 23.0. The van der Waals surface area contributed by atoms with E-state index in [0.29, 0.717) is 35.3 Å². The van der Waals surface area contributed by atoms with Gasteiger partial charge in [0.1, 0.15) is 19.0 Å². The van der Waals surface area contributed by atoms with Gasteiger partial charge in [0, 0.05) is 36.3 Å². The Kier molecular flexibility index (Phi) is 8.62. The standard InChI is InChI=1S/C24H29ClN2O4/c1-3-15-31-22-9-4-18(17-23(22)29-2)24(28)26-20-10-12-27(13-11-20)14-16-30-21-7-5-19(25)6-8-21/h3-9,17,20H,1,10-16H2,2H3,(H,26,28). The highest BCUT2D eigenvalue weighted by atomic mass is 35.5. The summed E-state index contributed by atoms with van der Waals surface area (Å²) in [7, 11) is 1.56. The smallest absolute Gasteiger partial charge is 0.251 e. The van der Waals surface area contributed by atoms with Gasteiger partial charge in [-0.15, -0.1) is 0 Å². The number of benzene rings is 2. The molecular formula is C24H29ClN2O4. The lowest BCUT2D eigenvalue weighted by Crippen LogP contribution is -2.45. The number of amides is 1. The third-order valence-electron chi connectivity index (χ3n) is 5.20. The molecule has 7 heteroatoms. The molecule has 0 saturated carbocycles. The number of piperidine rings is 1. The van der Waals surface area contributed by atoms with Gasteiger partial charge in [0.15, 0.2) is 11.5 Å². The van der Waals surface area contributed by atoms with Crippen LogP contribution in [0.4, 0.5) is 0 Å². The zero-order valence-corrected chi connectivity index (χ0v) is 18.6. The Morgan fingerprint density at radius 3 is 2.58 bits per heavy atom. The van der Waals surface area contributed by atoms with Crippen molar-refractivity contribution in [3.8, 4) is 17.2 Å². The summed E-state index contributed by atoms with van der Waals surface area (Å²) < 4.78 is 16.7. The normalized spacial score (nSPS) is 14.6. The largest absolute Gasteiger partial charge is 0.493 e. The molecule has 6 nitrogen and oxygen atoms in total. The molecule has 1 aliphatic rings. The molecule has 1 fully saturated rings. The Labute approximate surface area is 188 Å². The van der Waals surface area contributed by atoms with Crippen LogP contribution in [0.15, 0.2) is 55.1 Å². The highest BCUT2D eigenvalue weighted by Crippen LogP contribution is 2.28. The molecule has 1 N–H and O–H groups in total. The molecule has 1 aliphatic heterocycles. The summed E-state index contributed by atoms with van der Waals surface area (Å²) in [5, 5.41) is 3.84. The summed E-state index contributed by atoms with van der Waals surface area (Å²) in [6, 6.07) is 12.7. The minimum atomic E-state index is -0.0990. The molecule has 0 aromatic heterocycles. The van der Waals surface area contributed by atoms with Crippen LogP contribution >= 0.6 is 11.6 Å². The van der Waals surface area contributed by atoms with Crippen molar-refractivity contribution in [2.24, 2.45) is 0 Å². The topological polar surface area (TPSA) is 60.0 Å². The quantitative estimate of drug-likeness (QED) is 0.557. The number of methoxy groups -OCH3 is 1. The van der Waals surface area contributed by atoms with Crippen molar-refractivity contribution < 1.29 is 19.0 Å². The molecule has 0 atom stereocenters. The van der Waals surface area contributed by atoms with Gasteiger partial charge in [0.05, 0.1) is 7.11 Å². The average Bonchev–Trinajstić information content (AvgIpc) is 2.80. The molecule has 0 unspecified atom stereocenters. The molecule has 166 valence electrons. The van der Waals surface area contributed by atoms with Crippen molar-refractivity contribution in [1.29, 1.82) is 0 Å².